The van der Waals surface area contributed by atoms with Crippen LogP contribution in [0.3, 0.4) is 0 Å². The molecule has 0 spiro atoms. The number of aromatic hydroxyl groups is 1. The summed E-state index contributed by atoms with van der Waals surface area (Å²) in [4.78, 5) is 88.5. The van der Waals surface area contributed by atoms with E-state index in [2.05, 4.69) is 25.8 Å². The summed E-state index contributed by atoms with van der Waals surface area (Å²) < 4.78 is 5.68. The van der Waals surface area contributed by atoms with Gasteiger partial charge in [-0.15, -0.1) is 23.1 Å². The Bertz CT molecular complexity index is 1810. The van der Waals surface area contributed by atoms with Gasteiger partial charge in [-0.2, -0.15) is 0 Å². The normalized spacial score (nSPS) is 18.2. The minimum Gasteiger partial charge on any atom is -0.543 e. The molecule has 2 aliphatic heterocycles. The number of carboxylic acids is 1. The van der Waals surface area contributed by atoms with Crippen LogP contribution in [0.15, 0.2) is 38.9 Å². The lowest BCUT2D eigenvalue weighted by Gasteiger charge is -2.51. The number of nitrogens with zero attached hydrogens (tertiary/aromatic N) is 4. The number of amides is 3. The molecule has 0 saturated carbocycles. The number of anilines is 1. The number of rotatable bonds is 14. The summed E-state index contributed by atoms with van der Waals surface area (Å²) in [6.45, 7) is 8.55. The summed E-state index contributed by atoms with van der Waals surface area (Å²) in [6, 6.07) is 0.155. The number of aromatic nitrogens is 2. The molecule has 3 amide bonds. The van der Waals surface area contributed by atoms with E-state index in [-0.39, 0.29) is 28.8 Å². The van der Waals surface area contributed by atoms with Crippen molar-refractivity contribution in [3.05, 3.63) is 50.5 Å². The van der Waals surface area contributed by atoms with Crippen LogP contribution in [0.4, 0.5) is 5.13 Å². The van der Waals surface area contributed by atoms with E-state index < -0.39 is 63.3 Å². The van der Waals surface area contributed by atoms with Gasteiger partial charge < -0.3 is 44.7 Å². The Hall–Kier alpha value is -4.75. The minimum absolute atomic E-state index is 0.0225. The molecule has 1 saturated heterocycles. The SMILES string of the molecule is CC(C)(C)OC(=O)C(C)(C)O/N=C(/C(=O)N[C@@H]1C(=O)N2C(C(=O)[O-])=C(C[N+](C)(C)CCc3cc(=O)c(O)c[nH]3)CS[C@H]12)c1csc(NC=O)n1. The van der Waals surface area contributed by atoms with Crippen molar-refractivity contribution >= 4 is 64.1 Å². The molecule has 0 aromatic carbocycles. The van der Waals surface area contributed by atoms with E-state index in [1.165, 1.54) is 43.3 Å². The number of carbonyl (C=O) groups is 5. The molecule has 2 aromatic rings. The lowest BCUT2D eigenvalue weighted by atomic mass is 10.0. The summed E-state index contributed by atoms with van der Waals surface area (Å²) in [5.74, 6) is -4.05. The smallest absolute Gasteiger partial charge is 0.353 e. The largest absolute Gasteiger partial charge is 0.543 e. The van der Waals surface area contributed by atoms with E-state index in [4.69, 9.17) is 9.57 Å². The average molecular weight is 734 g/mol. The van der Waals surface area contributed by atoms with Crippen LogP contribution >= 0.6 is 23.1 Å². The number of oxime groups is 1. The van der Waals surface area contributed by atoms with Crippen molar-refractivity contribution in [1.29, 1.82) is 0 Å². The van der Waals surface area contributed by atoms with Crippen LogP contribution in [0, 0.1) is 0 Å². The first-order valence-electron chi connectivity index (χ1n) is 15.3. The number of nitrogens with one attached hydrogen (secondary N) is 3. The number of thiazole rings is 1. The van der Waals surface area contributed by atoms with Gasteiger partial charge >= 0.3 is 5.97 Å². The van der Waals surface area contributed by atoms with E-state index >= 15 is 0 Å². The zero-order valence-corrected chi connectivity index (χ0v) is 30.2. The number of H-pyrrole nitrogens is 1. The molecule has 2 aromatic heterocycles. The highest BCUT2D eigenvalue weighted by atomic mass is 32.2. The van der Waals surface area contributed by atoms with Gasteiger partial charge in [0.2, 0.25) is 17.4 Å². The highest BCUT2D eigenvalue weighted by molar-refractivity contribution is 8.00. The van der Waals surface area contributed by atoms with Crippen LogP contribution in [0.1, 0.15) is 46.0 Å². The van der Waals surface area contributed by atoms with Crippen molar-refractivity contribution in [3.8, 4) is 5.75 Å². The van der Waals surface area contributed by atoms with Gasteiger partial charge in [-0.3, -0.25) is 24.1 Å². The molecule has 0 bridgehead atoms. The fourth-order valence-electron chi connectivity index (χ4n) is 4.97. The number of thioether (sulfide) groups is 1. The maximum atomic E-state index is 13.6. The van der Waals surface area contributed by atoms with Gasteiger partial charge in [0.05, 0.1) is 32.3 Å². The Morgan fingerprint density at radius 3 is 2.56 bits per heavy atom. The molecule has 1 fully saturated rings. The van der Waals surface area contributed by atoms with Crippen LogP contribution in [0.5, 0.6) is 5.75 Å². The number of hydrogen-bond acceptors (Lipinski definition) is 14. The Kier molecular flexibility index (Phi) is 11.1. The van der Waals surface area contributed by atoms with Gasteiger partial charge in [0.25, 0.3) is 11.8 Å². The highest BCUT2D eigenvalue weighted by Gasteiger charge is 2.53. The van der Waals surface area contributed by atoms with Gasteiger partial charge in [0, 0.05) is 41.1 Å². The maximum Gasteiger partial charge on any atom is 0.353 e. The average Bonchev–Trinajstić information content (AvgIpc) is 3.47. The molecule has 0 radical (unpaired) electrons. The fraction of sp³-hybridized carbons (Fsp3) is 0.484. The quantitative estimate of drug-likeness (QED) is 0.0488. The number of hydrogen-bond donors (Lipinski definition) is 4. The third-order valence-corrected chi connectivity index (χ3v) is 9.60. The van der Waals surface area contributed by atoms with E-state index in [1.807, 2.05) is 14.1 Å². The molecule has 50 heavy (non-hydrogen) atoms. The first-order valence-corrected chi connectivity index (χ1v) is 17.2. The topological polar surface area (TPSA) is 233 Å². The number of carbonyl (C=O) groups excluding carboxylic acids is 5. The van der Waals surface area contributed by atoms with Crippen LogP contribution in [-0.2, 0) is 40.0 Å². The maximum absolute atomic E-state index is 13.6. The summed E-state index contributed by atoms with van der Waals surface area (Å²) in [7, 11) is 3.75. The lowest BCUT2D eigenvalue weighted by Crippen LogP contribution is -2.71. The predicted molar refractivity (Wildman–Crippen MR) is 181 cm³/mol. The number of aromatic amines is 1. The number of quaternary nitrogens is 1. The summed E-state index contributed by atoms with van der Waals surface area (Å²) in [6.07, 6.45) is 2.04. The molecule has 4 heterocycles. The van der Waals surface area contributed by atoms with Crippen molar-refractivity contribution in [2.75, 3.05) is 38.3 Å². The van der Waals surface area contributed by atoms with E-state index in [0.717, 1.165) is 16.2 Å². The van der Waals surface area contributed by atoms with E-state index in [0.29, 0.717) is 35.1 Å². The molecule has 2 atom stereocenters. The first-order chi connectivity index (χ1) is 23.2. The molecule has 4 rings (SSSR count). The summed E-state index contributed by atoms with van der Waals surface area (Å²) in [5.41, 5.74) is -2.62. The monoisotopic (exact) mass is 733 g/mol. The number of β-lactam (4-membered cyclic amide) rings is 1. The van der Waals surface area contributed by atoms with Crippen LogP contribution in [0.25, 0.3) is 0 Å². The highest BCUT2D eigenvalue weighted by Crippen LogP contribution is 2.40. The number of fused-ring (bicyclic) bond motifs is 1. The third-order valence-electron chi connectivity index (χ3n) is 7.48. The molecular formula is C31H39N7O10S2. The Morgan fingerprint density at radius 1 is 1.24 bits per heavy atom. The van der Waals surface area contributed by atoms with Crippen molar-refractivity contribution < 1.29 is 48.2 Å². The second-order valence-electron chi connectivity index (χ2n) is 13.7. The minimum atomic E-state index is -1.64. The molecule has 19 heteroatoms. The van der Waals surface area contributed by atoms with Crippen molar-refractivity contribution in [2.24, 2.45) is 5.16 Å². The molecule has 2 aliphatic rings. The fourth-order valence-corrected chi connectivity index (χ4v) is 6.96. The van der Waals surface area contributed by atoms with Gasteiger partial charge in [0.15, 0.2) is 16.6 Å². The van der Waals surface area contributed by atoms with Crippen LogP contribution < -0.4 is 21.2 Å². The van der Waals surface area contributed by atoms with Gasteiger partial charge in [0.1, 0.15) is 29.3 Å². The van der Waals surface area contributed by atoms with E-state index in [1.54, 1.807) is 20.8 Å². The Balaban J connectivity index is 1.52. The van der Waals surface area contributed by atoms with Crippen molar-refractivity contribution in [1.82, 2.24) is 20.2 Å². The lowest BCUT2D eigenvalue weighted by molar-refractivity contribution is -0.885. The predicted octanol–water partition coefficient (Wildman–Crippen LogP) is -0.331. The number of pyridine rings is 1. The molecule has 270 valence electrons. The molecule has 0 aliphatic carbocycles. The Labute approximate surface area is 295 Å². The molecular weight excluding hydrogens is 695 g/mol. The zero-order chi connectivity index (χ0) is 37.2. The standard InChI is InChI=1S/C31H39N7O10S2/c1-30(2,3)47-28(46)31(4,5)48-36-21(18-14-50-29(34-18)33-15-39)24(42)35-22-25(43)37-23(27(44)45)16(13-49-26(22)37)12-38(6,7)9-8-17-10-19(40)20(41)11-32-17/h10-11,14-15,22,26H,8-9,12-13H2,1-7H3,(H4-,32,33,34,35,36,39,40,41,42,44,45)/t22-,26-/m1/s1. The number of aliphatic carboxylic acids is 1. The first kappa shape index (κ1) is 38.1. The zero-order valence-electron chi connectivity index (χ0n) is 28.5. The second-order valence-corrected chi connectivity index (χ2v) is 15.7. The third kappa shape index (κ3) is 8.88. The van der Waals surface area contributed by atoms with Gasteiger partial charge in [-0.05, 0) is 34.6 Å². The molecule has 17 nitrogen and oxygen atoms in total. The number of carboxylic acid groups (broad SMARTS) is 1. The van der Waals surface area contributed by atoms with Crippen LogP contribution in [-0.4, -0.2) is 116 Å². The van der Waals surface area contributed by atoms with E-state index in [9.17, 15) is 39.0 Å². The number of esters is 1. The summed E-state index contributed by atoms with van der Waals surface area (Å²) in [5, 5.41) is 31.6. The molecule has 0 unspecified atom stereocenters. The second kappa shape index (κ2) is 14.6. The number of ether oxygens (including phenoxy) is 1. The van der Waals surface area contributed by atoms with Crippen molar-refractivity contribution in [2.45, 2.75) is 63.7 Å². The van der Waals surface area contributed by atoms with Crippen molar-refractivity contribution in [3.63, 3.8) is 0 Å². The Morgan fingerprint density at radius 2 is 1.94 bits per heavy atom. The van der Waals surface area contributed by atoms with Gasteiger partial charge in [-0.25, -0.2) is 9.78 Å². The van der Waals surface area contributed by atoms with Crippen LogP contribution in [0.2, 0.25) is 0 Å². The molecule has 4 N–H and O–H groups in total. The summed E-state index contributed by atoms with van der Waals surface area (Å²) >= 11 is 2.25. The van der Waals surface area contributed by atoms with Gasteiger partial charge in [-0.1, -0.05) is 5.16 Å². The number of likely N-dealkylation sites (N-methyl/N-ethyl adjacent to an activating group) is 1.